The van der Waals surface area contributed by atoms with E-state index >= 15 is 0 Å². The van der Waals surface area contributed by atoms with Crippen molar-refractivity contribution in [2.24, 2.45) is 5.16 Å². The van der Waals surface area contributed by atoms with Crippen molar-refractivity contribution in [3.63, 3.8) is 0 Å². The van der Waals surface area contributed by atoms with Gasteiger partial charge in [-0.25, -0.2) is 0 Å². The molecule has 1 saturated carbocycles. The van der Waals surface area contributed by atoms with Gasteiger partial charge in [-0.05, 0) is 30.9 Å². The summed E-state index contributed by atoms with van der Waals surface area (Å²) in [6, 6.07) is 0. The van der Waals surface area contributed by atoms with Crippen molar-refractivity contribution in [2.45, 2.75) is 70.6 Å². The number of hydrogen-bond acceptors (Lipinski definition) is 5. The third-order valence-electron chi connectivity index (χ3n) is 3.83. The summed E-state index contributed by atoms with van der Waals surface area (Å²) < 4.78 is 0. The molecule has 0 atom stereocenters. The number of rotatable bonds is 2. The molecule has 1 aliphatic carbocycles. The molecule has 1 aromatic heterocycles. The van der Waals surface area contributed by atoms with Crippen molar-refractivity contribution in [1.29, 1.82) is 0 Å². The summed E-state index contributed by atoms with van der Waals surface area (Å²) in [4.78, 5) is 5.34. The van der Waals surface area contributed by atoms with Gasteiger partial charge in [0.05, 0.1) is 5.71 Å². The Kier molecular flexibility index (Phi) is 7.88. The quantitative estimate of drug-likeness (QED) is 0.690. The molecule has 1 aliphatic rings. The first-order valence-corrected chi connectivity index (χ1v) is 8.80. The zero-order valence-corrected chi connectivity index (χ0v) is 14.2. The largest absolute Gasteiger partial charge is 0.333 e. The van der Waals surface area contributed by atoms with Gasteiger partial charge in [-0.3, -0.25) is 0 Å². The second kappa shape index (κ2) is 9.95. The zero-order valence-electron chi connectivity index (χ0n) is 12.7. The monoisotopic (exact) mass is 344 g/mol. The van der Waals surface area contributed by atoms with Gasteiger partial charge in [0, 0.05) is 0 Å². The van der Waals surface area contributed by atoms with Gasteiger partial charge in [0.2, 0.25) is 0 Å². The third-order valence-corrected chi connectivity index (χ3v) is 4.53. The maximum absolute atomic E-state index is 5.97. The van der Waals surface area contributed by atoms with Crippen molar-refractivity contribution in [1.82, 2.24) is 15.4 Å². The summed E-state index contributed by atoms with van der Waals surface area (Å²) in [6.45, 7) is 0. The maximum Gasteiger partial charge on any atom is 0.291 e. The highest BCUT2D eigenvalue weighted by Crippen LogP contribution is 2.27. The van der Waals surface area contributed by atoms with E-state index < -0.39 is 0 Å². The highest BCUT2D eigenvalue weighted by molar-refractivity contribution is 6.41. The average Bonchev–Trinajstić information content (AvgIpc) is 2.50. The van der Waals surface area contributed by atoms with E-state index in [1.165, 1.54) is 44.9 Å². The molecule has 0 amide bonds. The lowest BCUT2D eigenvalue weighted by Crippen LogP contribution is -2.04. The van der Waals surface area contributed by atoms with Crippen LogP contribution in [0.5, 0.6) is 5.88 Å². The van der Waals surface area contributed by atoms with Crippen LogP contribution in [0.25, 0.3) is 0 Å². The maximum atomic E-state index is 5.97. The summed E-state index contributed by atoms with van der Waals surface area (Å²) in [5, 5.41) is 15.2. The third kappa shape index (κ3) is 6.05. The summed E-state index contributed by atoms with van der Waals surface area (Å²) in [7, 11) is 0. The Morgan fingerprint density at radius 1 is 0.773 bits per heavy atom. The second-order valence-corrected chi connectivity index (χ2v) is 6.37. The molecule has 0 aliphatic heterocycles. The van der Waals surface area contributed by atoms with E-state index in [2.05, 4.69) is 20.6 Å². The molecule has 5 nitrogen and oxygen atoms in total. The van der Waals surface area contributed by atoms with Gasteiger partial charge < -0.3 is 4.84 Å². The van der Waals surface area contributed by atoms with Crippen molar-refractivity contribution >= 4 is 28.9 Å². The lowest BCUT2D eigenvalue weighted by atomic mass is 10.00. The Morgan fingerprint density at radius 2 is 1.32 bits per heavy atom. The highest BCUT2D eigenvalue weighted by atomic mass is 35.5. The molecule has 0 spiro atoms. The van der Waals surface area contributed by atoms with Crippen LogP contribution in [0.15, 0.2) is 5.16 Å². The molecule has 1 aromatic rings. The Bertz CT molecular complexity index is 482. The minimum atomic E-state index is 0.0746. The topological polar surface area (TPSA) is 60.3 Å². The van der Waals surface area contributed by atoms with Gasteiger partial charge in [-0.1, -0.05) is 78.4 Å². The van der Waals surface area contributed by atoms with Crippen molar-refractivity contribution in [2.75, 3.05) is 0 Å². The fourth-order valence-electron chi connectivity index (χ4n) is 2.56. The van der Waals surface area contributed by atoms with Crippen LogP contribution in [0.1, 0.15) is 70.6 Å². The number of oxime groups is 1. The second-order valence-electron chi connectivity index (χ2n) is 5.63. The van der Waals surface area contributed by atoms with Crippen LogP contribution in [0, 0.1) is 0 Å². The average molecular weight is 345 g/mol. The van der Waals surface area contributed by atoms with Gasteiger partial charge in [0.15, 0.2) is 5.15 Å². The molecule has 22 heavy (non-hydrogen) atoms. The van der Waals surface area contributed by atoms with Crippen LogP contribution >= 0.6 is 23.2 Å². The molecule has 0 radical (unpaired) electrons. The van der Waals surface area contributed by atoms with Gasteiger partial charge in [-0.2, -0.15) is 0 Å². The molecule has 0 unspecified atom stereocenters. The zero-order chi connectivity index (χ0) is 15.6. The smallest absolute Gasteiger partial charge is 0.291 e. The van der Waals surface area contributed by atoms with E-state index in [0.29, 0.717) is 0 Å². The predicted octanol–water partition coefficient (Wildman–Crippen LogP) is 5.22. The van der Waals surface area contributed by atoms with E-state index in [1.807, 2.05) is 0 Å². The minimum Gasteiger partial charge on any atom is -0.333 e. The van der Waals surface area contributed by atoms with E-state index in [-0.39, 0.29) is 16.1 Å². The summed E-state index contributed by atoms with van der Waals surface area (Å²) in [5.74, 6) is 0.111. The predicted molar refractivity (Wildman–Crippen MR) is 88.7 cm³/mol. The molecule has 0 aromatic carbocycles. The van der Waals surface area contributed by atoms with Crippen LogP contribution in [0.3, 0.4) is 0 Å². The van der Waals surface area contributed by atoms with Crippen LogP contribution in [0.2, 0.25) is 10.2 Å². The first kappa shape index (κ1) is 17.4. The molecular formula is C15H22Cl2N4O. The minimum absolute atomic E-state index is 0.0746. The standard InChI is InChI=1S/C15H22Cl2N4O/c16-13-14(17)18-21-19-15(13)22-20-12-10-8-6-4-2-1-3-5-7-9-11-12/h1-11H2. The van der Waals surface area contributed by atoms with Crippen molar-refractivity contribution in [3.05, 3.63) is 10.2 Å². The SMILES string of the molecule is Clc1nnnc(ON=C2CCCCCCCCCCC2)c1Cl. The Morgan fingerprint density at radius 3 is 1.91 bits per heavy atom. The molecule has 0 saturated heterocycles. The lowest BCUT2D eigenvalue weighted by molar-refractivity contribution is 0.318. The molecule has 7 heteroatoms. The Hall–Kier alpha value is -0.940. The van der Waals surface area contributed by atoms with E-state index in [4.69, 9.17) is 28.0 Å². The van der Waals surface area contributed by atoms with Crippen LogP contribution in [-0.2, 0) is 0 Å². The number of aromatic nitrogens is 3. The van der Waals surface area contributed by atoms with Crippen LogP contribution in [-0.4, -0.2) is 21.1 Å². The number of nitrogens with zero attached hydrogens (tertiary/aromatic N) is 4. The van der Waals surface area contributed by atoms with Gasteiger partial charge in [0.1, 0.15) is 5.02 Å². The fraction of sp³-hybridized carbons (Fsp3) is 0.733. The van der Waals surface area contributed by atoms with Gasteiger partial charge in [-0.15, -0.1) is 5.10 Å². The fourth-order valence-corrected chi connectivity index (χ4v) is 2.78. The first-order valence-electron chi connectivity index (χ1n) is 8.04. The van der Waals surface area contributed by atoms with E-state index in [1.54, 1.807) is 0 Å². The molecule has 1 fully saturated rings. The molecule has 0 bridgehead atoms. The summed E-state index contributed by atoms with van der Waals surface area (Å²) in [5.41, 5.74) is 1.06. The highest BCUT2D eigenvalue weighted by Gasteiger charge is 2.11. The normalized spacial score (nSPS) is 18.2. The van der Waals surface area contributed by atoms with Crippen molar-refractivity contribution < 1.29 is 4.84 Å². The molecular weight excluding hydrogens is 323 g/mol. The molecule has 0 N–H and O–H groups in total. The van der Waals surface area contributed by atoms with Crippen LogP contribution < -0.4 is 4.84 Å². The van der Waals surface area contributed by atoms with Gasteiger partial charge in [0.25, 0.3) is 5.88 Å². The van der Waals surface area contributed by atoms with Crippen LogP contribution in [0.4, 0.5) is 0 Å². The molecule has 122 valence electrons. The Labute approximate surface area is 141 Å². The first-order chi connectivity index (χ1) is 10.8. The Balaban J connectivity index is 1.94. The van der Waals surface area contributed by atoms with E-state index in [0.717, 1.165) is 31.4 Å². The van der Waals surface area contributed by atoms with Gasteiger partial charge >= 0.3 is 0 Å². The number of halogens is 2. The number of hydrogen-bond donors (Lipinski definition) is 0. The van der Waals surface area contributed by atoms with E-state index in [9.17, 15) is 0 Å². The van der Waals surface area contributed by atoms with Crippen molar-refractivity contribution in [3.8, 4) is 5.88 Å². The lowest BCUT2D eigenvalue weighted by Gasteiger charge is -2.09. The molecule has 1 heterocycles. The summed E-state index contributed by atoms with van der Waals surface area (Å²) >= 11 is 11.7. The summed E-state index contributed by atoms with van der Waals surface area (Å²) in [6.07, 6.45) is 13.4. The molecule has 2 rings (SSSR count).